The largest absolute Gasteiger partial charge is 0.478 e. The number of rotatable bonds is 5. The van der Waals surface area contributed by atoms with Gasteiger partial charge in [-0.25, -0.2) is 8.42 Å². The zero-order valence-electron chi connectivity index (χ0n) is 19.8. The molecule has 2 heterocycles. The molecule has 0 aliphatic carbocycles. The van der Waals surface area contributed by atoms with Crippen LogP contribution in [-0.2, 0) is 19.6 Å². The van der Waals surface area contributed by atoms with Crippen molar-refractivity contribution in [2.75, 3.05) is 36.8 Å². The Hall–Kier alpha value is -3.44. The highest BCUT2D eigenvalue weighted by Gasteiger charge is 2.33. The minimum atomic E-state index is -3.83. The first-order valence-electron chi connectivity index (χ1n) is 11.4. The van der Waals surface area contributed by atoms with Gasteiger partial charge in [0, 0.05) is 44.4 Å². The zero-order chi connectivity index (χ0) is 25.3. The number of anilines is 2. The van der Waals surface area contributed by atoms with E-state index in [1.54, 1.807) is 29.2 Å². The van der Waals surface area contributed by atoms with E-state index in [9.17, 15) is 22.8 Å². The number of hydrogen-bond donors (Lipinski definition) is 2. The van der Waals surface area contributed by atoms with Crippen molar-refractivity contribution in [3.8, 4) is 5.75 Å². The Balaban J connectivity index is 1.45. The van der Waals surface area contributed by atoms with Gasteiger partial charge in [0.2, 0.25) is 15.9 Å². The first kappa shape index (κ1) is 24.7. The number of carbonyl (C=O) groups excluding carboxylic acids is 3. The number of piperazine rings is 1. The zero-order valence-corrected chi connectivity index (χ0v) is 20.6. The Kier molecular flexibility index (Phi) is 6.82. The fourth-order valence-corrected chi connectivity index (χ4v) is 5.55. The third kappa shape index (κ3) is 5.01. The molecule has 2 aromatic carbocycles. The maximum atomic E-state index is 13.2. The predicted molar refractivity (Wildman–Crippen MR) is 130 cm³/mol. The summed E-state index contributed by atoms with van der Waals surface area (Å²) in [6, 6.07) is 9.51. The normalized spacial score (nSPS) is 18.3. The van der Waals surface area contributed by atoms with Crippen molar-refractivity contribution in [3.63, 3.8) is 0 Å². The summed E-state index contributed by atoms with van der Waals surface area (Å²) in [6.45, 7) is 5.79. The summed E-state index contributed by atoms with van der Waals surface area (Å²) in [5.74, 6) is -0.329. The van der Waals surface area contributed by atoms with Crippen LogP contribution in [0.5, 0.6) is 5.75 Å². The molecule has 1 saturated heterocycles. The quantitative estimate of drug-likeness (QED) is 0.649. The van der Waals surface area contributed by atoms with E-state index in [2.05, 4.69) is 10.6 Å². The van der Waals surface area contributed by atoms with Crippen LogP contribution in [0.15, 0.2) is 41.3 Å². The number of sulfonamides is 1. The molecule has 2 aromatic rings. The van der Waals surface area contributed by atoms with E-state index in [0.29, 0.717) is 29.1 Å². The van der Waals surface area contributed by atoms with Gasteiger partial charge in [0.15, 0.2) is 6.10 Å². The SMILES string of the molecule is CC[C@@H]1Oc2ccc(S(=O)(=O)N3CCN(C(=O)c4ccc(C)c(NC(C)=O)c4)CC3)cc2NC1=O. The van der Waals surface area contributed by atoms with Gasteiger partial charge in [0.05, 0.1) is 10.6 Å². The van der Waals surface area contributed by atoms with Crippen LogP contribution in [-0.4, -0.2) is 67.6 Å². The second kappa shape index (κ2) is 9.67. The van der Waals surface area contributed by atoms with Crippen molar-refractivity contribution in [1.82, 2.24) is 9.21 Å². The molecule has 0 saturated carbocycles. The molecule has 1 fully saturated rings. The number of benzene rings is 2. The Morgan fingerprint density at radius 1 is 1.11 bits per heavy atom. The summed E-state index contributed by atoms with van der Waals surface area (Å²) >= 11 is 0. The molecule has 11 heteroatoms. The summed E-state index contributed by atoms with van der Waals surface area (Å²) in [4.78, 5) is 38.2. The van der Waals surface area contributed by atoms with Crippen LogP contribution in [0.4, 0.5) is 11.4 Å². The average molecular weight is 501 g/mol. The fourth-order valence-electron chi connectivity index (χ4n) is 4.10. The monoisotopic (exact) mass is 500 g/mol. The number of hydrogen-bond acceptors (Lipinski definition) is 6. The highest BCUT2D eigenvalue weighted by molar-refractivity contribution is 7.89. The number of ether oxygens (including phenoxy) is 1. The highest BCUT2D eigenvalue weighted by atomic mass is 32.2. The maximum absolute atomic E-state index is 13.2. The molecule has 2 aliphatic rings. The van der Waals surface area contributed by atoms with Crippen LogP contribution >= 0.6 is 0 Å². The second-order valence-electron chi connectivity index (χ2n) is 8.57. The molecule has 35 heavy (non-hydrogen) atoms. The molecule has 0 spiro atoms. The minimum Gasteiger partial charge on any atom is -0.478 e. The first-order chi connectivity index (χ1) is 16.6. The van der Waals surface area contributed by atoms with E-state index < -0.39 is 16.1 Å². The van der Waals surface area contributed by atoms with Crippen molar-refractivity contribution in [3.05, 3.63) is 47.5 Å². The number of carbonyl (C=O) groups is 3. The molecular weight excluding hydrogens is 472 g/mol. The topological polar surface area (TPSA) is 125 Å². The molecule has 2 N–H and O–H groups in total. The second-order valence-corrected chi connectivity index (χ2v) is 10.5. The smallest absolute Gasteiger partial charge is 0.265 e. The summed E-state index contributed by atoms with van der Waals surface area (Å²) in [6.07, 6.45) is -0.0933. The van der Waals surface area contributed by atoms with E-state index in [1.165, 1.54) is 23.4 Å². The molecule has 0 aromatic heterocycles. The summed E-state index contributed by atoms with van der Waals surface area (Å²) in [5.41, 5.74) is 2.15. The number of nitrogens with zero attached hydrogens (tertiary/aromatic N) is 2. The standard InChI is InChI=1S/C24H28N4O6S/c1-4-21-23(30)26-20-14-18(7-8-22(20)34-21)35(32,33)28-11-9-27(10-12-28)24(31)17-6-5-15(2)19(13-17)25-16(3)29/h5-8,13-14,21H,4,9-12H2,1-3H3,(H,25,29)(H,26,30)/t21-/m0/s1. The van der Waals surface area contributed by atoms with Gasteiger partial charge in [0.25, 0.3) is 11.8 Å². The van der Waals surface area contributed by atoms with E-state index in [1.807, 2.05) is 13.8 Å². The molecular formula is C24H28N4O6S. The van der Waals surface area contributed by atoms with Crippen LogP contribution in [0.25, 0.3) is 0 Å². The predicted octanol–water partition coefficient (Wildman–Crippen LogP) is 2.21. The molecule has 4 rings (SSSR count). The fraction of sp³-hybridized carbons (Fsp3) is 0.375. The lowest BCUT2D eigenvalue weighted by Gasteiger charge is -2.34. The van der Waals surface area contributed by atoms with Crippen molar-refractivity contribution < 1.29 is 27.5 Å². The molecule has 0 radical (unpaired) electrons. The lowest BCUT2D eigenvalue weighted by Crippen LogP contribution is -2.50. The Labute approximate surface area is 204 Å². The number of nitrogens with one attached hydrogen (secondary N) is 2. The van der Waals surface area contributed by atoms with Gasteiger partial charge >= 0.3 is 0 Å². The third-order valence-electron chi connectivity index (χ3n) is 6.10. The Bertz CT molecular complexity index is 1280. The van der Waals surface area contributed by atoms with Crippen molar-refractivity contribution >= 4 is 39.1 Å². The molecule has 186 valence electrons. The average Bonchev–Trinajstić information content (AvgIpc) is 2.84. The van der Waals surface area contributed by atoms with Gasteiger partial charge in [-0.3, -0.25) is 14.4 Å². The lowest BCUT2D eigenvalue weighted by atomic mass is 10.1. The molecule has 3 amide bonds. The summed E-state index contributed by atoms with van der Waals surface area (Å²) < 4.78 is 33.4. The molecule has 0 unspecified atom stereocenters. The maximum Gasteiger partial charge on any atom is 0.265 e. The number of fused-ring (bicyclic) bond motifs is 1. The van der Waals surface area contributed by atoms with Gasteiger partial charge < -0.3 is 20.3 Å². The van der Waals surface area contributed by atoms with Crippen molar-refractivity contribution in [2.24, 2.45) is 0 Å². The molecule has 10 nitrogen and oxygen atoms in total. The molecule has 1 atom stereocenters. The van der Waals surface area contributed by atoms with Gasteiger partial charge in [-0.15, -0.1) is 0 Å². The van der Waals surface area contributed by atoms with Gasteiger partial charge in [-0.2, -0.15) is 4.31 Å². The van der Waals surface area contributed by atoms with E-state index in [4.69, 9.17) is 4.74 Å². The third-order valence-corrected chi connectivity index (χ3v) is 7.99. The van der Waals surface area contributed by atoms with E-state index in [-0.39, 0.29) is 48.8 Å². The number of aryl methyl sites for hydroxylation is 1. The van der Waals surface area contributed by atoms with E-state index in [0.717, 1.165) is 5.56 Å². The number of amides is 3. The highest BCUT2D eigenvalue weighted by Crippen LogP contribution is 2.33. The summed E-state index contributed by atoms with van der Waals surface area (Å²) in [5, 5.41) is 5.42. The lowest BCUT2D eigenvalue weighted by molar-refractivity contribution is -0.123. The van der Waals surface area contributed by atoms with Gasteiger partial charge in [-0.05, 0) is 49.2 Å². The Morgan fingerprint density at radius 3 is 2.49 bits per heavy atom. The summed E-state index contributed by atoms with van der Waals surface area (Å²) in [7, 11) is -3.83. The van der Waals surface area contributed by atoms with Crippen LogP contribution in [0.1, 0.15) is 36.2 Å². The van der Waals surface area contributed by atoms with Crippen molar-refractivity contribution in [1.29, 1.82) is 0 Å². The van der Waals surface area contributed by atoms with Gasteiger partial charge in [0.1, 0.15) is 5.75 Å². The first-order valence-corrected chi connectivity index (χ1v) is 12.8. The van der Waals surface area contributed by atoms with Crippen LogP contribution in [0.2, 0.25) is 0 Å². The van der Waals surface area contributed by atoms with Crippen molar-refractivity contribution in [2.45, 2.75) is 38.2 Å². The molecule has 0 bridgehead atoms. The van der Waals surface area contributed by atoms with Gasteiger partial charge in [-0.1, -0.05) is 13.0 Å². The van der Waals surface area contributed by atoms with E-state index >= 15 is 0 Å². The van der Waals surface area contributed by atoms with Crippen LogP contribution in [0, 0.1) is 6.92 Å². The molecule has 2 aliphatic heterocycles. The van der Waals surface area contributed by atoms with Crippen LogP contribution in [0.3, 0.4) is 0 Å². The minimum absolute atomic E-state index is 0.0494. The van der Waals surface area contributed by atoms with Crippen LogP contribution < -0.4 is 15.4 Å². The Morgan fingerprint density at radius 2 is 1.83 bits per heavy atom.